The van der Waals surface area contributed by atoms with Gasteiger partial charge in [-0.25, -0.2) is 14.8 Å². The molecule has 0 spiro atoms. The van der Waals surface area contributed by atoms with Gasteiger partial charge in [0.25, 0.3) is 5.56 Å². The average Bonchev–Trinajstić information content (AvgIpc) is 3.10. The maximum atomic E-state index is 13.0. The number of aryl methyl sites for hydroxylation is 1. The van der Waals surface area contributed by atoms with Crippen molar-refractivity contribution in [2.24, 2.45) is 0 Å². The number of anilines is 1. The molecule has 0 bridgehead atoms. The molecule has 0 saturated carbocycles. The minimum atomic E-state index is -0.464. The molecule has 30 heavy (non-hydrogen) atoms. The summed E-state index contributed by atoms with van der Waals surface area (Å²) in [4.78, 5) is 47.0. The number of pyridine rings is 1. The van der Waals surface area contributed by atoms with Crippen molar-refractivity contribution >= 4 is 49.3 Å². The lowest BCUT2D eigenvalue weighted by Crippen LogP contribution is -2.29. The van der Waals surface area contributed by atoms with E-state index in [2.05, 4.69) is 15.3 Å². The zero-order valence-corrected chi connectivity index (χ0v) is 17.2. The van der Waals surface area contributed by atoms with Crippen molar-refractivity contribution in [3.05, 3.63) is 64.3 Å². The largest absolute Gasteiger partial charge is 0.462 e. The van der Waals surface area contributed by atoms with Crippen molar-refractivity contribution in [1.82, 2.24) is 14.5 Å². The van der Waals surface area contributed by atoms with Crippen molar-refractivity contribution < 1.29 is 14.3 Å². The van der Waals surface area contributed by atoms with Crippen LogP contribution >= 0.6 is 11.3 Å². The molecular weight excluding hydrogens is 404 g/mol. The lowest BCUT2D eigenvalue weighted by molar-refractivity contribution is -0.116. The maximum absolute atomic E-state index is 13.0. The van der Waals surface area contributed by atoms with E-state index in [1.165, 1.54) is 22.0 Å². The van der Waals surface area contributed by atoms with Crippen LogP contribution < -0.4 is 10.9 Å². The van der Waals surface area contributed by atoms with Crippen molar-refractivity contribution in [3.8, 4) is 0 Å². The van der Waals surface area contributed by atoms with E-state index in [1.54, 1.807) is 44.3 Å². The Morgan fingerprint density at radius 1 is 1.23 bits per heavy atom. The van der Waals surface area contributed by atoms with Crippen LogP contribution in [0.5, 0.6) is 0 Å². The number of carbonyl (C=O) groups is 2. The Morgan fingerprint density at radius 2 is 2.07 bits per heavy atom. The van der Waals surface area contributed by atoms with Gasteiger partial charge in [-0.1, -0.05) is 6.07 Å². The highest BCUT2D eigenvalue weighted by atomic mass is 32.1. The molecule has 0 fully saturated rings. The number of hydrogen-bond acceptors (Lipinski definition) is 7. The first-order valence-electron chi connectivity index (χ1n) is 9.29. The molecule has 0 atom stereocenters. The average molecular weight is 422 g/mol. The molecular formula is C21H18N4O4S. The fraction of sp³-hybridized carbons (Fsp3) is 0.190. The van der Waals surface area contributed by atoms with Gasteiger partial charge in [0, 0.05) is 17.3 Å². The number of carbonyl (C=O) groups excluding carboxylic acids is 2. The zero-order valence-electron chi connectivity index (χ0n) is 16.3. The Kier molecular flexibility index (Phi) is 5.28. The number of nitrogens with zero attached hydrogens (tertiary/aromatic N) is 3. The van der Waals surface area contributed by atoms with Crippen LogP contribution in [-0.4, -0.2) is 33.0 Å². The number of rotatable bonds is 5. The van der Waals surface area contributed by atoms with Gasteiger partial charge in [-0.2, -0.15) is 0 Å². The third-order valence-corrected chi connectivity index (χ3v) is 5.59. The summed E-state index contributed by atoms with van der Waals surface area (Å²) in [7, 11) is 0. The van der Waals surface area contributed by atoms with E-state index in [4.69, 9.17) is 4.74 Å². The molecule has 9 heteroatoms. The third kappa shape index (κ3) is 3.67. The molecule has 0 unspecified atom stereocenters. The summed E-state index contributed by atoms with van der Waals surface area (Å²) in [5.74, 6) is -0.429. The molecule has 1 amide bonds. The predicted molar refractivity (Wildman–Crippen MR) is 115 cm³/mol. The smallest absolute Gasteiger partial charge is 0.338 e. The fourth-order valence-corrected chi connectivity index (χ4v) is 4.17. The highest BCUT2D eigenvalue weighted by Gasteiger charge is 2.16. The number of fused-ring (bicyclic) bond motifs is 3. The van der Waals surface area contributed by atoms with E-state index in [0.29, 0.717) is 27.3 Å². The topological polar surface area (TPSA) is 103 Å². The van der Waals surface area contributed by atoms with Crippen LogP contribution in [0.3, 0.4) is 0 Å². The van der Waals surface area contributed by atoms with E-state index in [-0.39, 0.29) is 18.7 Å². The lowest BCUT2D eigenvalue weighted by atomic mass is 10.2. The quantitative estimate of drug-likeness (QED) is 0.496. The van der Waals surface area contributed by atoms with Crippen LogP contribution in [0.1, 0.15) is 23.1 Å². The van der Waals surface area contributed by atoms with Gasteiger partial charge in [0.1, 0.15) is 21.9 Å². The van der Waals surface area contributed by atoms with E-state index in [9.17, 15) is 14.4 Å². The van der Waals surface area contributed by atoms with Crippen molar-refractivity contribution in [2.45, 2.75) is 20.4 Å². The van der Waals surface area contributed by atoms with E-state index < -0.39 is 11.9 Å². The number of thiophene rings is 1. The number of amides is 1. The molecule has 0 saturated heterocycles. The van der Waals surface area contributed by atoms with Crippen LogP contribution in [0.15, 0.2) is 47.4 Å². The molecule has 0 aliphatic carbocycles. The van der Waals surface area contributed by atoms with Gasteiger partial charge >= 0.3 is 5.97 Å². The monoisotopic (exact) mass is 422 g/mol. The molecule has 0 radical (unpaired) electrons. The second-order valence-electron chi connectivity index (χ2n) is 6.54. The molecule has 3 aromatic heterocycles. The molecule has 1 aromatic carbocycles. The molecule has 1 N–H and O–H groups in total. The Hall–Kier alpha value is -3.59. The molecule has 0 aliphatic rings. The second-order valence-corrected chi connectivity index (χ2v) is 7.53. The van der Waals surface area contributed by atoms with E-state index in [0.717, 1.165) is 10.2 Å². The van der Waals surface area contributed by atoms with Crippen molar-refractivity contribution in [2.75, 3.05) is 11.9 Å². The van der Waals surface area contributed by atoms with Crippen molar-refractivity contribution in [3.63, 3.8) is 0 Å². The standard InChI is InChI=1S/C21H18N4O4S/c1-3-29-21(28)13-6-4-7-14(10-13)24-16(26)11-25-12(2)23-17-15-8-5-9-22-19(15)30-18(17)20(25)27/h4-10H,3,11H2,1-2H3,(H,24,26). The van der Waals surface area contributed by atoms with E-state index >= 15 is 0 Å². The molecule has 4 rings (SSSR count). The zero-order chi connectivity index (χ0) is 21.3. The Balaban J connectivity index is 1.61. The molecule has 4 aromatic rings. The summed E-state index contributed by atoms with van der Waals surface area (Å²) >= 11 is 1.26. The van der Waals surface area contributed by atoms with Gasteiger partial charge in [-0.15, -0.1) is 11.3 Å². The number of esters is 1. The number of benzene rings is 1. The minimum Gasteiger partial charge on any atom is -0.462 e. The number of aromatic nitrogens is 3. The van der Waals surface area contributed by atoms with Gasteiger partial charge in [0.05, 0.1) is 17.7 Å². The number of ether oxygens (including phenoxy) is 1. The normalized spacial score (nSPS) is 11.0. The summed E-state index contributed by atoms with van der Waals surface area (Å²) in [6.07, 6.45) is 1.67. The molecule has 0 aliphatic heterocycles. The second kappa shape index (κ2) is 8.03. The maximum Gasteiger partial charge on any atom is 0.338 e. The van der Waals surface area contributed by atoms with Crippen LogP contribution in [0.25, 0.3) is 20.4 Å². The lowest BCUT2D eigenvalue weighted by Gasteiger charge is -2.11. The van der Waals surface area contributed by atoms with Gasteiger partial charge < -0.3 is 10.1 Å². The molecule has 3 heterocycles. The van der Waals surface area contributed by atoms with Gasteiger partial charge in [-0.3, -0.25) is 14.2 Å². The van der Waals surface area contributed by atoms with Crippen LogP contribution in [-0.2, 0) is 16.1 Å². The first kappa shape index (κ1) is 19.7. The summed E-state index contributed by atoms with van der Waals surface area (Å²) < 4.78 is 6.77. The van der Waals surface area contributed by atoms with Crippen molar-refractivity contribution in [1.29, 1.82) is 0 Å². The summed E-state index contributed by atoms with van der Waals surface area (Å²) in [6, 6.07) is 10.1. The van der Waals surface area contributed by atoms with Crippen LogP contribution in [0.2, 0.25) is 0 Å². The Labute approximate surface area is 175 Å². The SMILES string of the molecule is CCOC(=O)c1cccc(NC(=O)Cn2c(C)nc3c(sc4ncccc43)c2=O)c1. The summed E-state index contributed by atoms with van der Waals surface area (Å²) in [5, 5.41) is 3.54. The highest BCUT2D eigenvalue weighted by Crippen LogP contribution is 2.28. The highest BCUT2D eigenvalue weighted by molar-refractivity contribution is 7.25. The van der Waals surface area contributed by atoms with E-state index in [1.807, 2.05) is 6.07 Å². The predicted octanol–water partition coefficient (Wildman–Crippen LogP) is 3.13. The number of hydrogen-bond donors (Lipinski definition) is 1. The van der Waals surface area contributed by atoms with Gasteiger partial charge in [-0.05, 0) is 44.2 Å². The Bertz CT molecular complexity index is 1340. The molecule has 152 valence electrons. The summed E-state index contributed by atoms with van der Waals surface area (Å²) in [6.45, 7) is 3.48. The third-order valence-electron chi connectivity index (χ3n) is 4.50. The minimum absolute atomic E-state index is 0.196. The first-order chi connectivity index (χ1) is 14.5. The van der Waals surface area contributed by atoms with Crippen LogP contribution in [0, 0.1) is 6.92 Å². The van der Waals surface area contributed by atoms with Gasteiger partial charge in [0.15, 0.2) is 0 Å². The first-order valence-corrected chi connectivity index (χ1v) is 10.1. The van der Waals surface area contributed by atoms with Gasteiger partial charge in [0.2, 0.25) is 5.91 Å². The Morgan fingerprint density at radius 3 is 2.87 bits per heavy atom. The fourth-order valence-electron chi connectivity index (χ4n) is 3.14. The van der Waals surface area contributed by atoms with Crippen LogP contribution in [0.4, 0.5) is 5.69 Å². The summed E-state index contributed by atoms with van der Waals surface area (Å²) in [5.41, 5.74) is 1.10. The molecule has 8 nitrogen and oxygen atoms in total. The number of nitrogens with one attached hydrogen (secondary N) is 1.